The first-order chi connectivity index (χ1) is 11.5. The number of aliphatic hydroxyl groups is 1. The summed E-state index contributed by atoms with van der Waals surface area (Å²) in [6, 6.07) is 13.2. The van der Waals surface area contributed by atoms with Crippen molar-refractivity contribution in [2.45, 2.75) is 32.8 Å². The average Bonchev–Trinajstić information content (AvgIpc) is 2.60. The molecule has 2 aromatic carbocycles. The van der Waals surface area contributed by atoms with Gasteiger partial charge in [0.05, 0.1) is 6.61 Å². The molecule has 0 spiro atoms. The van der Waals surface area contributed by atoms with Crippen molar-refractivity contribution in [3.8, 4) is 5.75 Å². The maximum absolute atomic E-state index is 12.0. The predicted octanol–water partition coefficient (Wildman–Crippen LogP) is 4.47. The highest BCUT2D eigenvalue weighted by Crippen LogP contribution is 2.23. The minimum absolute atomic E-state index is 0.109. The van der Waals surface area contributed by atoms with Crippen LogP contribution >= 0.6 is 15.9 Å². The van der Waals surface area contributed by atoms with Gasteiger partial charge in [0, 0.05) is 15.7 Å². The number of nitrogens with one attached hydrogen (secondary N) is 1. The Kier molecular flexibility index (Phi) is 6.82. The molecule has 0 unspecified atom stereocenters. The van der Waals surface area contributed by atoms with E-state index >= 15 is 0 Å². The Bertz CT molecular complexity index is 686. The van der Waals surface area contributed by atoms with Gasteiger partial charge in [-0.15, -0.1) is 0 Å². The molecule has 24 heavy (non-hydrogen) atoms. The first kappa shape index (κ1) is 18.5. The molecular formula is C19H22BrNO3. The second kappa shape index (κ2) is 8.85. The minimum Gasteiger partial charge on any atom is -0.483 e. The van der Waals surface area contributed by atoms with Crippen LogP contribution in [0.4, 0.5) is 5.69 Å². The van der Waals surface area contributed by atoms with Gasteiger partial charge in [0.2, 0.25) is 0 Å². The number of rotatable bonds is 7. The topological polar surface area (TPSA) is 58.6 Å². The smallest absolute Gasteiger partial charge is 0.262 e. The van der Waals surface area contributed by atoms with Crippen molar-refractivity contribution in [3.63, 3.8) is 0 Å². The molecule has 2 N–H and O–H groups in total. The van der Waals surface area contributed by atoms with Crippen LogP contribution in [0.15, 0.2) is 46.9 Å². The second-order valence-corrected chi connectivity index (χ2v) is 6.59. The third-order valence-electron chi connectivity index (χ3n) is 3.93. The molecule has 1 atom stereocenters. The lowest BCUT2D eigenvalue weighted by atomic mass is 9.99. The normalized spacial score (nSPS) is 11.8. The molecule has 5 heteroatoms. The van der Waals surface area contributed by atoms with Gasteiger partial charge in [-0.3, -0.25) is 4.79 Å². The molecule has 128 valence electrons. The van der Waals surface area contributed by atoms with E-state index in [9.17, 15) is 9.90 Å². The highest BCUT2D eigenvalue weighted by molar-refractivity contribution is 9.10. The molecule has 0 aliphatic carbocycles. The van der Waals surface area contributed by atoms with E-state index in [1.54, 1.807) is 18.2 Å². The van der Waals surface area contributed by atoms with Gasteiger partial charge in [-0.05, 0) is 48.2 Å². The maximum Gasteiger partial charge on any atom is 0.262 e. The lowest BCUT2D eigenvalue weighted by Crippen LogP contribution is -2.20. The number of ether oxygens (including phenoxy) is 1. The Morgan fingerprint density at radius 2 is 1.96 bits per heavy atom. The van der Waals surface area contributed by atoms with Crippen LogP contribution in [0, 0.1) is 0 Å². The zero-order chi connectivity index (χ0) is 17.5. The van der Waals surface area contributed by atoms with E-state index in [1.165, 1.54) is 5.56 Å². The average molecular weight is 392 g/mol. The van der Waals surface area contributed by atoms with Gasteiger partial charge in [-0.1, -0.05) is 41.9 Å². The Labute approximate surface area is 151 Å². The molecule has 2 rings (SSSR count). The molecule has 0 aliphatic rings. The van der Waals surface area contributed by atoms with Crippen LogP contribution in [0.5, 0.6) is 5.75 Å². The van der Waals surface area contributed by atoms with Crippen molar-refractivity contribution in [2.24, 2.45) is 0 Å². The molecule has 0 bridgehead atoms. The molecular weight excluding hydrogens is 370 g/mol. The van der Waals surface area contributed by atoms with Gasteiger partial charge in [0.15, 0.2) is 6.61 Å². The number of amides is 1. The summed E-state index contributed by atoms with van der Waals surface area (Å²) in [6.45, 7) is 4.08. The van der Waals surface area contributed by atoms with E-state index in [1.807, 2.05) is 24.3 Å². The molecule has 0 fully saturated rings. The third-order valence-corrected chi connectivity index (χ3v) is 4.42. The van der Waals surface area contributed by atoms with Crippen molar-refractivity contribution < 1.29 is 14.6 Å². The number of carbonyl (C=O) groups is 1. The molecule has 0 saturated carbocycles. The predicted molar refractivity (Wildman–Crippen MR) is 99.3 cm³/mol. The summed E-state index contributed by atoms with van der Waals surface area (Å²) in [6.07, 6.45) is 1.08. The van der Waals surface area contributed by atoms with Crippen LogP contribution in [0.3, 0.4) is 0 Å². The van der Waals surface area contributed by atoms with Gasteiger partial charge >= 0.3 is 0 Å². The quantitative estimate of drug-likeness (QED) is 0.731. The van der Waals surface area contributed by atoms with Gasteiger partial charge in [-0.25, -0.2) is 0 Å². The Hall–Kier alpha value is -1.85. The van der Waals surface area contributed by atoms with E-state index < -0.39 is 0 Å². The molecule has 0 radical (unpaired) electrons. The SMILES string of the molecule is CC[C@H](C)c1ccc(NC(=O)COc2ccc(Br)cc2CO)cc1. The molecule has 0 aromatic heterocycles. The maximum atomic E-state index is 12.0. The number of anilines is 1. The number of hydrogen-bond donors (Lipinski definition) is 2. The standard InChI is InChI=1S/C19H22BrNO3/c1-3-13(2)14-4-7-17(8-5-14)21-19(23)12-24-18-9-6-16(20)10-15(18)11-22/h4-10,13,22H,3,11-12H2,1-2H3,(H,21,23)/t13-/m0/s1. The zero-order valence-electron chi connectivity index (χ0n) is 13.9. The summed E-state index contributed by atoms with van der Waals surface area (Å²) in [7, 11) is 0. The zero-order valence-corrected chi connectivity index (χ0v) is 15.5. The summed E-state index contributed by atoms with van der Waals surface area (Å²) in [5, 5.41) is 12.1. The number of carbonyl (C=O) groups excluding carboxylic acids is 1. The Morgan fingerprint density at radius 1 is 1.25 bits per heavy atom. The van der Waals surface area contributed by atoms with Crippen LogP contribution < -0.4 is 10.1 Å². The fourth-order valence-corrected chi connectivity index (χ4v) is 2.69. The number of benzene rings is 2. The minimum atomic E-state index is -0.238. The number of halogens is 1. The van der Waals surface area contributed by atoms with E-state index in [2.05, 4.69) is 35.1 Å². The number of hydrogen-bond acceptors (Lipinski definition) is 3. The van der Waals surface area contributed by atoms with Crippen LogP contribution in [0.2, 0.25) is 0 Å². The number of aliphatic hydroxyl groups excluding tert-OH is 1. The Balaban J connectivity index is 1.92. The molecule has 2 aromatic rings. The molecule has 1 amide bonds. The fraction of sp³-hybridized carbons (Fsp3) is 0.316. The van der Waals surface area contributed by atoms with Crippen LogP contribution in [0.1, 0.15) is 37.3 Å². The second-order valence-electron chi connectivity index (χ2n) is 5.68. The van der Waals surface area contributed by atoms with E-state index in [0.717, 1.165) is 16.6 Å². The molecule has 4 nitrogen and oxygen atoms in total. The Morgan fingerprint density at radius 3 is 2.58 bits per heavy atom. The van der Waals surface area contributed by atoms with Crippen LogP contribution in [-0.4, -0.2) is 17.6 Å². The van der Waals surface area contributed by atoms with E-state index in [-0.39, 0.29) is 19.1 Å². The highest BCUT2D eigenvalue weighted by Gasteiger charge is 2.08. The first-order valence-electron chi connectivity index (χ1n) is 7.95. The van der Waals surface area contributed by atoms with Crippen LogP contribution in [-0.2, 0) is 11.4 Å². The monoisotopic (exact) mass is 391 g/mol. The van der Waals surface area contributed by atoms with Crippen molar-refractivity contribution in [2.75, 3.05) is 11.9 Å². The third kappa shape index (κ3) is 5.08. The summed E-state index contributed by atoms with van der Waals surface area (Å²) in [4.78, 5) is 12.0. The fourth-order valence-electron chi connectivity index (χ4n) is 2.28. The highest BCUT2D eigenvalue weighted by atomic mass is 79.9. The van der Waals surface area contributed by atoms with Crippen molar-refractivity contribution >= 4 is 27.5 Å². The van der Waals surface area contributed by atoms with Crippen molar-refractivity contribution in [1.29, 1.82) is 0 Å². The van der Waals surface area contributed by atoms with Crippen molar-refractivity contribution in [1.82, 2.24) is 0 Å². The first-order valence-corrected chi connectivity index (χ1v) is 8.74. The van der Waals surface area contributed by atoms with Gasteiger partial charge in [-0.2, -0.15) is 0 Å². The summed E-state index contributed by atoms with van der Waals surface area (Å²) >= 11 is 3.34. The van der Waals surface area contributed by atoms with E-state index in [4.69, 9.17) is 4.74 Å². The summed E-state index contributed by atoms with van der Waals surface area (Å²) in [5.41, 5.74) is 2.64. The van der Waals surface area contributed by atoms with Gasteiger partial charge < -0.3 is 15.2 Å². The van der Waals surface area contributed by atoms with Gasteiger partial charge in [0.1, 0.15) is 5.75 Å². The largest absolute Gasteiger partial charge is 0.483 e. The lowest BCUT2D eigenvalue weighted by molar-refractivity contribution is -0.118. The van der Waals surface area contributed by atoms with Crippen molar-refractivity contribution in [3.05, 3.63) is 58.1 Å². The lowest BCUT2D eigenvalue weighted by Gasteiger charge is -2.12. The summed E-state index contributed by atoms with van der Waals surface area (Å²) in [5.74, 6) is 0.772. The molecule has 0 heterocycles. The van der Waals surface area contributed by atoms with Crippen LogP contribution in [0.25, 0.3) is 0 Å². The van der Waals surface area contributed by atoms with Gasteiger partial charge in [0.25, 0.3) is 5.91 Å². The van der Waals surface area contributed by atoms with E-state index in [0.29, 0.717) is 17.2 Å². The summed E-state index contributed by atoms with van der Waals surface area (Å²) < 4.78 is 6.36. The molecule has 0 saturated heterocycles. The molecule has 0 aliphatic heterocycles.